The van der Waals surface area contributed by atoms with E-state index in [0.717, 1.165) is 0 Å². The normalized spacial score (nSPS) is 20.0. The molecule has 0 aromatic heterocycles. The van der Waals surface area contributed by atoms with E-state index in [2.05, 4.69) is 0 Å². The molecule has 0 spiro atoms. The lowest BCUT2D eigenvalue weighted by atomic mass is 10.1. The average Bonchev–Trinajstić information content (AvgIpc) is 2.69. The number of para-hydroxylation sites is 1. The lowest BCUT2D eigenvalue weighted by Crippen LogP contribution is -2.49. The van der Waals surface area contributed by atoms with Crippen LogP contribution in [0.3, 0.4) is 0 Å². The standard InChI is InChI=1S/C15H22FN3O/c1-15(2,17)10-18(3)13-8-9-19(14(13)20)12-7-5-4-6-11(12)16/h4-7,13H,8-10,17H2,1-3H3. The summed E-state index contributed by atoms with van der Waals surface area (Å²) in [6, 6.07) is 6.16. The molecule has 1 saturated heterocycles. The Labute approximate surface area is 119 Å². The monoisotopic (exact) mass is 279 g/mol. The number of carbonyl (C=O) groups excluding carboxylic acids is 1. The summed E-state index contributed by atoms with van der Waals surface area (Å²) in [5.41, 5.74) is 5.99. The van der Waals surface area contributed by atoms with Crippen LogP contribution in [0.25, 0.3) is 0 Å². The zero-order chi connectivity index (χ0) is 14.9. The van der Waals surface area contributed by atoms with Gasteiger partial charge in [0.05, 0.1) is 11.7 Å². The Balaban J connectivity index is 2.12. The first-order valence-corrected chi connectivity index (χ1v) is 6.84. The van der Waals surface area contributed by atoms with Crippen LogP contribution >= 0.6 is 0 Å². The molecule has 0 saturated carbocycles. The van der Waals surface area contributed by atoms with E-state index in [1.165, 1.54) is 11.0 Å². The van der Waals surface area contributed by atoms with Crippen LogP contribution in [-0.4, -0.2) is 42.5 Å². The third-order valence-corrected chi connectivity index (χ3v) is 3.51. The number of nitrogens with two attached hydrogens (primary N) is 1. The maximum absolute atomic E-state index is 13.8. The smallest absolute Gasteiger partial charge is 0.244 e. The Morgan fingerprint density at radius 2 is 2.10 bits per heavy atom. The number of likely N-dealkylation sites (N-methyl/N-ethyl adjacent to an activating group) is 1. The molecule has 1 aromatic rings. The average molecular weight is 279 g/mol. The molecule has 2 N–H and O–H groups in total. The SMILES string of the molecule is CN(CC(C)(C)N)C1CCN(c2ccccc2F)C1=O. The third-order valence-electron chi connectivity index (χ3n) is 3.51. The number of hydrogen-bond donors (Lipinski definition) is 1. The number of hydrogen-bond acceptors (Lipinski definition) is 3. The molecule has 0 aliphatic carbocycles. The van der Waals surface area contributed by atoms with Gasteiger partial charge in [0.1, 0.15) is 5.82 Å². The fourth-order valence-corrected chi connectivity index (χ4v) is 2.74. The van der Waals surface area contributed by atoms with Crippen molar-refractivity contribution >= 4 is 11.6 Å². The van der Waals surface area contributed by atoms with Gasteiger partial charge in [-0.25, -0.2) is 4.39 Å². The summed E-state index contributed by atoms with van der Waals surface area (Å²) in [6.45, 7) is 5.02. The summed E-state index contributed by atoms with van der Waals surface area (Å²) in [5, 5.41) is 0. The van der Waals surface area contributed by atoms with Crippen LogP contribution < -0.4 is 10.6 Å². The molecule has 4 nitrogen and oxygen atoms in total. The van der Waals surface area contributed by atoms with Crippen LogP contribution in [-0.2, 0) is 4.79 Å². The number of carbonyl (C=O) groups is 1. The molecule has 1 aromatic carbocycles. The van der Waals surface area contributed by atoms with Crippen LogP contribution in [0.5, 0.6) is 0 Å². The molecular formula is C15H22FN3O. The molecule has 110 valence electrons. The summed E-state index contributed by atoms with van der Waals surface area (Å²) in [7, 11) is 1.89. The topological polar surface area (TPSA) is 49.6 Å². The molecule has 1 amide bonds. The number of amides is 1. The summed E-state index contributed by atoms with van der Waals surface area (Å²) < 4.78 is 13.8. The van der Waals surface area contributed by atoms with Gasteiger partial charge in [0.25, 0.3) is 0 Å². The predicted molar refractivity (Wildman–Crippen MR) is 78.1 cm³/mol. The van der Waals surface area contributed by atoms with Gasteiger partial charge in [0, 0.05) is 18.6 Å². The molecule has 1 heterocycles. The Morgan fingerprint density at radius 3 is 2.70 bits per heavy atom. The van der Waals surface area contributed by atoms with Gasteiger partial charge >= 0.3 is 0 Å². The van der Waals surface area contributed by atoms with E-state index in [-0.39, 0.29) is 23.3 Å². The zero-order valence-electron chi connectivity index (χ0n) is 12.3. The lowest BCUT2D eigenvalue weighted by Gasteiger charge is -2.30. The van der Waals surface area contributed by atoms with Crippen LogP contribution in [0.15, 0.2) is 24.3 Å². The Hall–Kier alpha value is -1.46. The van der Waals surface area contributed by atoms with Gasteiger partial charge in [-0.3, -0.25) is 9.69 Å². The van der Waals surface area contributed by atoms with E-state index in [4.69, 9.17) is 5.73 Å². The highest BCUT2D eigenvalue weighted by Crippen LogP contribution is 2.26. The quantitative estimate of drug-likeness (QED) is 0.911. The van der Waals surface area contributed by atoms with Gasteiger partial charge in [0.15, 0.2) is 0 Å². The van der Waals surface area contributed by atoms with Crippen molar-refractivity contribution in [1.29, 1.82) is 0 Å². The highest BCUT2D eigenvalue weighted by molar-refractivity contribution is 5.99. The molecule has 20 heavy (non-hydrogen) atoms. The second kappa shape index (κ2) is 5.50. The van der Waals surface area contributed by atoms with Crippen molar-refractivity contribution < 1.29 is 9.18 Å². The molecular weight excluding hydrogens is 257 g/mol. The Bertz CT molecular complexity index is 498. The van der Waals surface area contributed by atoms with Gasteiger partial charge < -0.3 is 10.6 Å². The van der Waals surface area contributed by atoms with E-state index in [9.17, 15) is 9.18 Å². The van der Waals surface area contributed by atoms with Crippen molar-refractivity contribution in [3.8, 4) is 0 Å². The van der Waals surface area contributed by atoms with Gasteiger partial charge in [-0.2, -0.15) is 0 Å². The van der Waals surface area contributed by atoms with E-state index in [1.54, 1.807) is 18.2 Å². The number of nitrogens with zero attached hydrogens (tertiary/aromatic N) is 2. The van der Waals surface area contributed by atoms with Crippen molar-refractivity contribution in [2.45, 2.75) is 31.8 Å². The number of anilines is 1. The summed E-state index contributed by atoms with van der Waals surface area (Å²) in [6.07, 6.45) is 0.694. The maximum Gasteiger partial charge on any atom is 0.244 e. The second-order valence-corrected chi connectivity index (χ2v) is 6.15. The zero-order valence-corrected chi connectivity index (χ0v) is 12.3. The molecule has 2 rings (SSSR count). The fourth-order valence-electron chi connectivity index (χ4n) is 2.74. The molecule has 1 fully saturated rings. The van der Waals surface area contributed by atoms with Crippen molar-refractivity contribution in [2.24, 2.45) is 5.73 Å². The molecule has 1 atom stereocenters. The number of halogens is 1. The van der Waals surface area contributed by atoms with Crippen LogP contribution in [0.1, 0.15) is 20.3 Å². The molecule has 5 heteroatoms. The molecule has 1 aliphatic rings. The first-order valence-electron chi connectivity index (χ1n) is 6.84. The van der Waals surface area contributed by atoms with Crippen molar-refractivity contribution in [3.05, 3.63) is 30.1 Å². The van der Waals surface area contributed by atoms with Gasteiger partial charge in [-0.05, 0) is 39.4 Å². The highest BCUT2D eigenvalue weighted by Gasteiger charge is 2.37. The lowest BCUT2D eigenvalue weighted by molar-refractivity contribution is -0.121. The molecule has 1 aliphatic heterocycles. The largest absolute Gasteiger partial charge is 0.324 e. The highest BCUT2D eigenvalue weighted by atomic mass is 19.1. The first-order chi connectivity index (χ1) is 9.29. The van der Waals surface area contributed by atoms with Gasteiger partial charge in [-0.1, -0.05) is 12.1 Å². The second-order valence-electron chi connectivity index (χ2n) is 6.15. The van der Waals surface area contributed by atoms with Gasteiger partial charge in [-0.15, -0.1) is 0 Å². The van der Waals surface area contributed by atoms with E-state index in [0.29, 0.717) is 25.2 Å². The minimum atomic E-state index is -0.361. The minimum Gasteiger partial charge on any atom is -0.324 e. The van der Waals surface area contributed by atoms with Crippen molar-refractivity contribution in [1.82, 2.24) is 4.90 Å². The fraction of sp³-hybridized carbons (Fsp3) is 0.533. The van der Waals surface area contributed by atoms with Crippen LogP contribution in [0.4, 0.5) is 10.1 Å². The maximum atomic E-state index is 13.8. The van der Waals surface area contributed by atoms with E-state index in [1.807, 2.05) is 25.8 Å². The minimum absolute atomic E-state index is 0.0538. The number of rotatable bonds is 4. The first kappa shape index (κ1) is 14.9. The van der Waals surface area contributed by atoms with Gasteiger partial charge in [0.2, 0.25) is 5.91 Å². The molecule has 1 unspecified atom stereocenters. The molecule has 0 radical (unpaired) electrons. The molecule has 0 bridgehead atoms. The summed E-state index contributed by atoms with van der Waals surface area (Å²) in [4.78, 5) is 16.0. The predicted octanol–water partition coefficient (Wildman–Crippen LogP) is 1.60. The Morgan fingerprint density at radius 1 is 1.45 bits per heavy atom. The van der Waals surface area contributed by atoms with Crippen molar-refractivity contribution in [3.63, 3.8) is 0 Å². The van der Waals surface area contributed by atoms with Crippen molar-refractivity contribution in [2.75, 3.05) is 25.0 Å². The van der Waals surface area contributed by atoms with Crippen LogP contribution in [0, 0.1) is 5.82 Å². The van der Waals surface area contributed by atoms with E-state index >= 15 is 0 Å². The summed E-state index contributed by atoms with van der Waals surface area (Å²) >= 11 is 0. The third kappa shape index (κ3) is 3.16. The Kier molecular flexibility index (Phi) is 4.11. The van der Waals surface area contributed by atoms with Crippen LogP contribution in [0.2, 0.25) is 0 Å². The number of benzene rings is 1. The summed E-state index contributed by atoms with van der Waals surface area (Å²) in [5.74, 6) is -0.412. The van der Waals surface area contributed by atoms with E-state index < -0.39 is 0 Å².